The SMILES string of the molecule is CC(=O)N1CCCN(C(=S)Nc2ccc(F)cc2Br)CC1. The van der Waals surface area contributed by atoms with Gasteiger partial charge in [0.05, 0.1) is 5.69 Å². The highest BCUT2D eigenvalue weighted by atomic mass is 79.9. The van der Waals surface area contributed by atoms with E-state index in [2.05, 4.69) is 21.2 Å². The molecule has 0 atom stereocenters. The zero-order valence-corrected chi connectivity index (χ0v) is 14.1. The highest BCUT2D eigenvalue weighted by molar-refractivity contribution is 9.10. The van der Waals surface area contributed by atoms with E-state index in [-0.39, 0.29) is 11.7 Å². The number of halogens is 2. The Hall–Kier alpha value is -1.21. The highest BCUT2D eigenvalue weighted by Crippen LogP contribution is 2.23. The van der Waals surface area contributed by atoms with Gasteiger partial charge in [0.2, 0.25) is 5.91 Å². The van der Waals surface area contributed by atoms with Crippen molar-refractivity contribution in [3.05, 3.63) is 28.5 Å². The summed E-state index contributed by atoms with van der Waals surface area (Å²) in [4.78, 5) is 15.3. The number of thiocarbonyl (C=S) groups is 1. The first-order valence-electron chi connectivity index (χ1n) is 6.74. The van der Waals surface area contributed by atoms with Crippen LogP contribution in [0.1, 0.15) is 13.3 Å². The van der Waals surface area contributed by atoms with Gasteiger partial charge >= 0.3 is 0 Å². The average Bonchev–Trinajstić information content (AvgIpc) is 2.67. The van der Waals surface area contributed by atoms with Gasteiger partial charge in [-0.1, -0.05) is 0 Å². The first-order chi connectivity index (χ1) is 9.97. The van der Waals surface area contributed by atoms with Gasteiger partial charge in [0.15, 0.2) is 5.11 Å². The third kappa shape index (κ3) is 4.38. The number of benzene rings is 1. The van der Waals surface area contributed by atoms with E-state index >= 15 is 0 Å². The molecular weight excluding hydrogens is 357 g/mol. The molecule has 1 fully saturated rings. The van der Waals surface area contributed by atoms with Crippen LogP contribution in [0.5, 0.6) is 0 Å². The Morgan fingerprint density at radius 3 is 2.62 bits per heavy atom. The summed E-state index contributed by atoms with van der Waals surface area (Å²) in [6.07, 6.45) is 0.881. The molecule has 1 N–H and O–H groups in total. The standard InChI is InChI=1S/C14H17BrFN3OS/c1-10(20)18-5-2-6-19(8-7-18)14(21)17-13-4-3-11(16)9-12(13)15/h3-4,9H,2,5-8H2,1H3,(H,17,21). The van der Waals surface area contributed by atoms with E-state index in [1.54, 1.807) is 13.0 Å². The van der Waals surface area contributed by atoms with E-state index in [0.29, 0.717) is 22.7 Å². The molecule has 7 heteroatoms. The lowest BCUT2D eigenvalue weighted by atomic mass is 10.3. The molecule has 1 aliphatic rings. The fraction of sp³-hybridized carbons (Fsp3) is 0.429. The molecule has 0 aromatic heterocycles. The van der Waals surface area contributed by atoms with Crippen molar-refractivity contribution < 1.29 is 9.18 Å². The van der Waals surface area contributed by atoms with Gasteiger partial charge in [-0.25, -0.2) is 4.39 Å². The molecule has 114 valence electrons. The van der Waals surface area contributed by atoms with Crippen molar-refractivity contribution in [2.45, 2.75) is 13.3 Å². The van der Waals surface area contributed by atoms with Crippen LogP contribution in [0.15, 0.2) is 22.7 Å². The van der Waals surface area contributed by atoms with Crippen LogP contribution in [0.25, 0.3) is 0 Å². The zero-order valence-electron chi connectivity index (χ0n) is 11.7. The molecule has 0 aliphatic carbocycles. The van der Waals surface area contributed by atoms with Crippen LogP contribution in [0.4, 0.5) is 10.1 Å². The van der Waals surface area contributed by atoms with Crippen molar-refractivity contribution in [3.8, 4) is 0 Å². The number of hydrogen-bond acceptors (Lipinski definition) is 2. The van der Waals surface area contributed by atoms with Gasteiger partial charge < -0.3 is 15.1 Å². The van der Waals surface area contributed by atoms with Crippen molar-refractivity contribution in [2.24, 2.45) is 0 Å². The third-order valence-corrected chi connectivity index (χ3v) is 4.42. The second-order valence-corrected chi connectivity index (χ2v) is 6.14. The average molecular weight is 374 g/mol. The number of nitrogens with zero attached hydrogens (tertiary/aromatic N) is 2. The molecule has 1 saturated heterocycles. The first-order valence-corrected chi connectivity index (χ1v) is 7.94. The van der Waals surface area contributed by atoms with Gasteiger partial charge in [-0.2, -0.15) is 0 Å². The molecule has 1 amide bonds. The zero-order chi connectivity index (χ0) is 15.4. The Morgan fingerprint density at radius 2 is 1.95 bits per heavy atom. The molecule has 0 radical (unpaired) electrons. The quantitative estimate of drug-likeness (QED) is 0.767. The minimum absolute atomic E-state index is 0.0945. The van der Waals surface area contributed by atoms with Crippen LogP contribution in [0.3, 0.4) is 0 Å². The number of carbonyl (C=O) groups is 1. The van der Waals surface area contributed by atoms with Crippen molar-refractivity contribution in [1.29, 1.82) is 0 Å². The van der Waals surface area contributed by atoms with E-state index < -0.39 is 0 Å². The highest BCUT2D eigenvalue weighted by Gasteiger charge is 2.18. The van der Waals surface area contributed by atoms with E-state index in [1.165, 1.54) is 12.1 Å². The largest absolute Gasteiger partial charge is 0.347 e. The van der Waals surface area contributed by atoms with E-state index in [0.717, 1.165) is 25.2 Å². The maximum atomic E-state index is 13.1. The normalized spacial score (nSPS) is 15.6. The van der Waals surface area contributed by atoms with Gasteiger partial charge in [0.25, 0.3) is 0 Å². The summed E-state index contributed by atoms with van der Waals surface area (Å²) in [7, 11) is 0. The Kier molecular flexibility index (Phi) is 5.52. The third-order valence-electron chi connectivity index (χ3n) is 3.40. The molecule has 0 spiro atoms. The van der Waals surface area contributed by atoms with Gasteiger partial charge in [-0.05, 0) is 52.8 Å². The molecule has 0 bridgehead atoms. The molecule has 21 heavy (non-hydrogen) atoms. The van der Waals surface area contributed by atoms with Crippen LogP contribution in [-0.4, -0.2) is 47.0 Å². The minimum Gasteiger partial charge on any atom is -0.347 e. The summed E-state index contributed by atoms with van der Waals surface area (Å²) in [6.45, 7) is 4.51. The van der Waals surface area contributed by atoms with Crippen LogP contribution in [-0.2, 0) is 4.79 Å². The number of carbonyl (C=O) groups excluding carboxylic acids is 1. The van der Waals surface area contributed by atoms with Crippen LogP contribution < -0.4 is 5.32 Å². The summed E-state index contributed by atoms with van der Waals surface area (Å²) in [5, 5.41) is 3.71. The lowest BCUT2D eigenvalue weighted by Gasteiger charge is -2.24. The summed E-state index contributed by atoms with van der Waals surface area (Å²) >= 11 is 8.72. The molecule has 1 aliphatic heterocycles. The van der Waals surface area contributed by atoms with Crippen molar-refractivity contribution >= 4 is 44.9 Å². The molecule has 1 heterocycles. The Morgan fingerprint density at radius 1 is 1.29 bits per heavy atom. The number of anilines is 1. The molecule has 0 unspecified atom stereocenters. The van der Waals surface area contributed by atoms with Gasteiger partial charge in [-0.15, -0.1) is 0 Å². The Balaban J connectivity index is 1.98. The van der Waals surface area contributed by atoms with Crippen molar-refractivity contribution in [1.82, 2.24) is 9.80 Å². The molecule has 2 rings (SSSR count). The maximum absolute atomic E-state index is 13.1. The fourth-order valence-electron chi connectivity index (χ4n) is 2.22. The number of rotatable bonds is 1. The monoisotopic (exact) mass is 373 g/mol. The predicted octanol–water partition coefficient (Wildman–Crippen LogP) is 2.84. The maximum Gasteiger partial charge on any atom is 0.219 e. The first kappa shape index (κ1) is 16.2. The topological polar surface area (TPSA) is 35.6 Å². The number of amides is 1. The van der Waals surface area contributed by atoms with Gasteiger partial charge in [0.1, 0.15) is 5.82 Å². The van der Waals surface area contributed by atoms with Crippen molar-refractivity contribution in [3.63, 3.8) is 0 Å². The number of hydrogen-bond donors (Lipinski definition) is 1. The summed E-state index contributed by atoms with van der Waals surface area (Å²) in [5.41, 5.74) is 0.731. The molecule has 1 aromatic rings. The van der Waals surface area contributed by atoms with E-state index in [1.807, 2.05) is 9.80 Å². The van der Waals surface area contributed by atoms with Crippen LogP contribution >= 0.6 is 28.1 Å². The van der Waals surface area contributed by atoms with E-state index in [4.69, 9.17) is 12.2 Å². The van der Waals surface area contributed by atoms with Gasteiger partial charge in [-0.3, -0.25) is 4.79 Å². The number of nitrogens with one attached hydrogen (secondary N) is 1. The van der Waals surface area contributed by atoms with Gasteiger partial charge in [0, 0.05) is 37.6 Å². The fourth-order valence-corrected chi connectivity index (χ4v) is 2.96. The smallest absolute Gasteiger partial charge is 0.219 e. The lowest BCUT2D eigenvalue weighted by molar-refractivity contribution is -0.128. The second kappa shape index (κ2) is 7.17. The molecule has 4 nitrogen and oxygen atoms in total. The molecule has 1 aromatic carbocycles. The minimum atomic E-state index is -0.301. The Labute approximate surface area is 137 Å². The summed E-state index contributed by atoms with van der Waals surface area (Å²) < 4.78 is 13.7. The second-order valence-electron chi connectivity index (χ2n) is 4.90. The van der Waals surface area contributed by atoms with Crippen LogP contribution in [0, 0.1) is 5.82 Å². The molecule has 0 saturated carbocycles. The molecular formula is C14H17BrFN3OS. The lowest BCUT2D eigenvalue weighted by Crippen LogP contribution is -2.38. The summed E-state index contributed by atoms with van der Waals surface area (Å²) in [6, 6.07) is 4.42. The predicted molar refractivity (Wildman–Crippen MR) is 88.8 cm³/mol. The summed E-state index contributed by atoms with van der Waals surface area (Å²) in [5.74, 6) is -0.206. The van der Waals surface area contributed by atoms with Crippen molar-refractivity contribution in [2.75, 3.05) is 31.5 Å². The van der Waals surface area contributed by atoms with Crippen LogP contribution in [0.2, 0.25) is 0 Å². The Bertz CT molecular complexity index is 555. The van der Waals surface area contributed by atoms with E-state index in [9.17, 15) is 9.18 Å².